The molecule has 7 heteroatoms. The minimum absolute atomic E-state index is 0.0561. The van der Waals surface area contributed by atoms with E-state index in [1.807, 2.05) is 0 Å². The predicted octanol–water partition coefficient (Wildman–Crippen LogP) is 4.80. The van der Waals surface area contributed by atoms with Gasteiger partial charge in [-0.15, -0.1) is 0 Å². The van der Waals surface area contributed by atoms with Crippen molar-refractivity contribution < 1.29 is 27.1 Å². The smallest absolute Gasteiger partial charge is 0.416 e. The van der Waals surface area contributed by atoms with Crippen LogP contribution in [0, 0.1) is 17.2 Å². The zero-order chi connectivity index (χ0) is 17.7. The Kier molecular flexibility index (Phi) is 5.60. The van der Waals surface area contributed by atoms with Crippen LogP contribution in [0.4, 0.5) is 17.6 Å². The third-order valence-corrected chi connectivity index (χ3v) is 3.93. The van der Waals surface area contributed by atoms with Crippen LogP contribution < -0.4 is 0 Å². The molecule has 2 rings (SSSR count). The summed E-state index contributed by atoms with van der Waals surface area (Å²) in [6.07, 6.45) is -1.32. The fraction of sp³-hybridized carbons (Fsp3) is 0.412. The van der Waals surface area contributed by atoms with Gasteiger partial charge in [-0.1, -0.05) is 0 Å². The molecule has 0 N–H and O–H groups in total. The van der Waals surface area contributed by atoms with Gasteiger partial charge in [0, 0.05) is 0 Å². The quantitative estimate of drug-likeness (QED) is 0.451. The zero-order valence-electron chi connectivity index (χ0n) is 12.6. The average molecular weight is 341 g/mol. The molecule has 1 fully saturated rings. The van der Waals surface area contributed by atoms with Crippen molar-refractivity contribution in [2.45, 2.75) is 38.0 Å². The SMILES string of the molecule is N#C/C(F)=C/[C@H]1CC[C@H](OC(=O)c2ccc(C(F)(F)F)cc2)CC1. The van der Waals surface area contributed by atoms with E-state index in [9.17, 15) is 22.4 Å². The van der Waals surface area contributed by atoms with Crippen molar-refractivity contribution in [3.8, 4) is 6.07 Å². The second kappa shape index (κ2) is 7.47. The van der Waals surface area contributed by atoms with E-state index in [1.165, 1.54) is 12.1 Å². The third-order valence-electron chi connectivity index (χ3n) is 3.93. The van der Waals surface area contributed by atoms with Gasteiger partial charge < -0.3 is 4.74 Å². The number of ether oxygens (including phenoxy) is 1. The predicted molar refractivity (Wildman–Crippen MR) is 77.4 cm³/mol. The second-order valence-corrected chi connectivity index (χ2v) is 5.64. The molecular formula is C17H15F4NO2. The molecule has 1 aromatic rings. The van der Waals surface area contributed by atoms with E-state index in [1.54, 1.807) is 0 Å². The number of alkyl halides is 3. The molecule has 128 valence electrons. The van der Waals surface area contributed by atoms with Gasteiger partial charge in [0.1, 0.15) is 12.2 Å². The third kappa shape index (κ3) is 4.82. The Balaban J connectivity index is 1.89. The van der Waals surface area contributed by atoms with E-state index >= 15 is 0 Å². The summed E-state index contributed by atoms with van der Waals surface area (Å²) < 4.78 is 55.6. The largest absolute Gasteiger partial charge is 0.459 e. The Morgan fingerprint density at radius 3 is 2.25 bits per heavy atom. The summed E-state index contributed by atoms with van der Waals surface area (Å²) in [5.41, 5.74) is -0.772. The Labute approximate surface area is 136 Å². The average Bonchev–Trinajstić information content (AvgIpc) is 2.55. The van der Waals surface area contributed by atoms with Gasteiger partial charge in [0.2, 0.25) is 0 Å². The van der Waals surface area contributed by atoms with E-state index in [2.05, 4.69) is 0 Å². The van der Waals surface area contributed by atoms with Gasteiger partial charge in [0.15, 0.2) is 5.83 Å². The van der Waals surface area contributed by atoms with Crippen molar-refractivity contribution in [3.05, 3.63) is 47.3 Å². The molecule has 0 bridgehead atoms. The molecule has 0 heterocycles. The normalized spacial score (nSPS) is 21.9. The van der Waals surface area contributed by atoms with Crippen molar-refractivity contribution in [1.82, 2.24) is 0 Å². The molecule has 24 heavy (non-hydrogen) atoms. The maximum atomic E-state index is 12.9. The van der Waals surface area contributed by atoms with Gasteiger partial charge in [0.05, 0.1) is 11.1 Å². The van der Waals surface area contributed by atoms with Gasteiger partial charge in [0.25, 0.3) is 0 Å². The summed E-state index contributed by atoms with van der Waals surface area (Å²) in [4.78, 5) is 12.0. The molecule has 0 unspecified atom stereocenters. The topological polar surface area (TPSA) is 50.1 Å². The first-order valence-electron chi connectivity index (χ1n) is 7.45. The fourth-order valence-electron chi connectivity index (χ4n) is 2.63. The lowest BCUT2D eigenvalue weighted by molar-refractivity contribution is -0.137. The van der Waals surface area contributed by atoms with Crippen LogP contribution in [0.1, 0.15) is 41.6 Å². The lowest BCUT2D eigenvalue weighted by Crippen LogP contribution is -2.24. The molecule has 1 aromatic carbocycles. The Hall–Kier alpha value is -2.36. The Bertz CT molecular complexity index is 651. The summed E-state index contributed by atoms with van der Waals surface area (Å²) in [6.45, 7) is 0. The van der Waals surface area contributed by atoms with Crippen LogP contribution in [-0.2, 0) is 10.9 Å². The molecule has 0 radical (unpaired) electrons. The molecule has 0 aliphatic heterocycles. The summed E-state index contributed by atoms with van der Waals surface area (Å²) in [5, 5.41) is 8.40. The van der Waals surface area contributed by atoms with Gasteiger partial charge in [-0.25, -0.2) is 4.79 Å². The monoisotopic (exact) mass is 341 g/mol. The van der Waals surface area contributed by atoms with Crippen LogP contribution in [0.5, 0.6) is 0 Å². The highest BCUT2D eigenvalue weighted by Crippen LogP contribution is 2.30. The highest BCUT2D eigenvalue weighted by molar-refractivity contribution is 5.89. The molecule has 1 aliphatic carbocycles. The summed E-state index contributed by atoms with van der Waals surface area (Å²) in [5.74, 6) is -1.56. The van der Waals surface area contributed by atoms with Crippen molar-refractivity contribution in [2.24, 2.45) is 5.92 Å². The molecule has 1 aliphatic rings. The van der Waals surface area contributed by atoms with Crippen molar-refractivity contribution in [2.75, 3.05) is 0 Å². The van der Waals surface area contributed by atoms with Gasteiger partial charge in [-0.05, 0) is 61.9 Å². The number of rotatable bonds is 3. The Morgan fingerprint density at radius 2 is 1.75 bits per heavy atom. The van der Waals surface area contributed by atoms with Gasteiger partial charge >= 0.3 is 12.1 Å². The number of carbonyl (C=O) groups excluding carboxylic acids is 1. The van der Waals surface area contributed by atoms with Crippen LogP contribution in [0.25, 0.3) is 0 Å². The highest BCUT2D eigenvalue weighted by atomic mass is 19.4. The molecule has 0 atom stereocenters. The number of halogens is 4. The standard InChI is InChI=1S/C17H15F4NO2/c18-14(10-22)9-11-1-7-15(8-2-11)24-16(23)12-3-5-13(6-4-12)17(19,20)21/h3-6,9,11,15H,1-2,7-8H2/b14-9-/t11-,15-. The van der Waals surface area contributed by atoms with Crippen LogP contribution in [0.15, 0.2) is 36.2 Å². The first-order valence-corrected chi connectivity index (χ1v) is 7.45. The number of nitriles is 1. The van der Waals surface area contributed by atoms with E-state index in [0.717, 1.165) is 24.3 Å². The molecule has 0 aromatic heterocycles. The number of hydrogen-bond donors (Lipinski definition) is 0. The number of benzene rings is 1. The van der Waals surface area contributed by atoms with E-state index in [-0.39, 0.29) is 17.6 Å². The Morgan fingerprint density at radius 1 is 1.17 bits per heavy atom. The summed E-state index contributed by atoms with van der Waals surface area (Å²) in [6, 6.07) is 5.26. The minimum Gasteiger partial charge on any atom is -0.459 e. The maximum Gasteiger partial charge on any atom is 0.416 e. The van der Waals surface area contributed by atoms with Crippen LogP contribution >= 0.6 is 0 Å². The first kappa shape index (κ1) is 18.0. The maximum absolute atomic E-state index is 12.9. The summed E-state index contributed by atoms with van der Waals surface area (Å²) >= 11 is 0. The van der Waals surface area contributed by atoms with E-state index < -0.39 is 23.5 Å². The molecule has 0 saturated heterocycles. The summed E-state index contributed by atoms with van der Waals surface area (Å²) in [7, 11) is 0. The number of nitrogens with zero attached hydrogens (tertiary/aromatic N) is 1. The minimum atomic E-state index is -4.45. The highest BCUT2D eigenvalue weighted by Gasteiger charge is 2.30. The van der Waals surface area contributed by atoms with Gasteiger partial charge in [-0.3, -0.25) is 0 Å². The van der Waals surface area contributed by atoms with Crippen LogP contribution in [-0.4, -0.2) is 12.1 Å². The van der Waals surface area contributed by atoms with Crippen LogP contribution in [0.2, 0.25) is 0 Å². The fourth-order valence-corrected chi connectivity index (χ4v) is 2.63. The molecule has 0 spiro atoms. The molecule has 3 nitrogen and oxygen atoms in total. The van der Waals surface area contributed by atoms with Crippen molar-refractivity contribution in [3.63, 3.8) is 0 Å². The zero-order valence-corrected chi connectivity index (χ0v) is 12.6. The molecule has 0 amide bonds. The van der Waals surface area contributed by atoms with Crippen molar-refractivity contribution in [1.29, 1.82) is 5.26 Å². The van der Waals surface area contributed by atoms with Gasteiger partial charge in [-0.2, -0.15) is 22.8 Å². The number of allylic oxidation sites excluding steroid dienone is 2. The second-order valence-electron chi connectivity index (χ2n) is 5.64. The number of hydrogen-bond acceptors (Lipinski definition) is 3. The lowest BCUT2D eigenvalue weighted by Gasteiger charge is -2.26. The van der Waals surface area contributed by atoms with E-state index in [4.69, 9.17) is 10.00 Å². The molecule has 1 saturated carbocycles. The van der Waals surface area contributed by atoms with Crippen LogP contribution in [0.3, 0.4) is 0 Å². The number of carbonyl (C=O) groups is 1. The van der Waals surface area contributed by atoms with Crippen molar-refractivity contribution >= 4 is 5.97 Å². The lowest BCUT2D eigenvalue weighted by atomic mass is 9.87. The van der Waals surface area contributed by atoms with E-state index in [0.29, 0.717) is 25.7 Å². The first-order chi connectivity index (χ1) is 11.3. The molecular weight excluding hydrogens is 326 g/mol. The number of esters is 1.